The van der Waals surface area contributed by atoms with E-state index in [1.165, 1.54) is 5.56 Å². The Bertz CT molecular complexity index is 582. The Morgan fingerprint density at radius 1 is 1.14 bits per heavy atom. The van der Waals surface area contributed by atoms with Gasteiger partial charge in [0.2, 0.25) is 5.91 Å². The number of pyridine rings is 1. The highest BCUT2D eigenvalue weighted by molar-refractivity contribution is 5.90. The Morgan fingerprint density at radius 2 is 1.90 bits per heavy atom. The molecular weight excluding hydrogens is 262 g/mol. The van der Waals surface area contributed by atoms with Gasteiger partial charge < -0.3 is 10.2 Å². The zero-order valence-electron chi connectivity index (χ0n) is 12.5. The standard InChI is InChI=1S/C17H21N3O/c1-20(2)13-15-4-3-5-16(12-15)19-17(21)7-6-14-8-10-18-11-9-14/h3-5,8-12H,6-7,13H2,1-2H3,(H,19,21). The predicted molar refractivity (Wildman–Crippen MR) is 85.0 cm³/mol. The highest BCUT2D eigenvalue weighted by Crippen LogP contribution is 2.12. The molecule has 0 atom stereocenters. The molecule has 1 aromatic carbocycles. The van der Waals surface area contributed by atoms with Crippen molar-refractivity contribution in [1.29, 1.82) is 0 Å². The van der Waals surface area contributed by atoms with Crippen LogP contribution in [0.5, 0.6) is 0 Å². The first-order valence-electron chi connectivity index (χ1n) is 7.06. The van der Waals surface area contributed by atoms with Crippen molar-refractivity contribution in [2.24, 2.45) is 0 Å². The molecular formula is C17H21N3O. The number of nitrogens with one attached hydrogen (secondary N) is 1. The van der Waals surface area contributed by atoms with Crippen molar-refractivity contribution in [2.45, 2.75) is 19.4 Å². The van der Waals surface area contributed by atoms with Crippen LogP contribution in [0.2, 0.25) is 0 Å². The van der Waals surface area contributed by atoms with Crippen molar-refractivity contribution in [3.8, 4) is 0 Å². The van der Waals surface area contributed by atoms with E-state index in [2.05, 4.69) is 21.3 Å². The maximum Gasteiger partial charge on any atom is 0.224 e. The largest absolute Gasteiger partial charge is 0.326 e. The van der Waals surface area contributed by atoms with Crippen LogP contribution in [0, 0.1) is 0 Å². The number of carbonyl (C=O) groups is 1. The van der Waals surface area contributed by atoms with Gasteiger partial charge in [0.25, 0.3) is 0 Å². The number of anilines is 1. The first kappa shape index (κ1) is 15.2. The first-order chi connectivity index (χ1) is 10.1. The second kappa shape index (κ2) is 7.55. The molecule has 110 valence electrons. The van der Waals surface area contributed by atoms with Gasteiger partial charge in [-0.1, -0.05) is 12.1 Å². The van der Waals surface area contributed by atoms with Gasteiger partial charge in [-0.25, -0.2) is 0 Å². The Kier molecular flexibility index (Phi) is 5.46. The number of benzene rings is 1. The van der Waals surface area contributed by atoms with Crippen LogP contribution < -0.4 is 5.32 Å². The summed E-state index contributed by atoms with van der Waals surface area (Å²) in [5, 5.41) is 2.95. The topological polar surface area (TPSA) is 45.2 Å². The predicted octanol–water partition coefficient (Wildman–Crippen LogP) is 2.71. The highest BCUT2D eigenvalue weighted by Gasteiger charge is 2.04. The van der Waals surface area contributed by atoms with E-state index in [1.54, 1.807) is 12.4 Å². The smallest absolute Gasteiger partial charge is 0.224 e. The lowest BCUT2D eigenvalue weighted by Gasteiger charge is -2.11. The Balaban J connectivity index is 1.87. The average Bonchev–Trinajstić information content (AvgIpc) is 2.46. The average molecular weight is 283 g/mol. The van der Waals surface area contributed by atoms with Crippen LogP contribution in [0.3, 0.4) is 0 Å². The van der Waals surface area contributed by atoms with Gasteiger partial charge in [0.15, 0.2) is 0 Å². The molecule has 0 saturated carbocycles. The van der Waals surface area contributed by atoms with Crippen molar-refractivity contribution >= 4 is 11.6 Å². The molecule has 1 heterocycles. The van der Waals surface area contributed by atoms with E-state index >= 15 is 0 Å². The van der Waals surface area contributed by atoms with Crippen LogP contribution >= 0.6 is 0 Å². The minimum Gasteiger partial charge on any atom is -0.326 e. The number of rotatable bonds is 6. The normalized spacial score (nSPS) is 10.6. The van der Waals surface area contributed by atoms with Gasteiger partial charge in [0, 0.05) is 31.0 Å². The summed E-state index contributed by atoms with van der Waals surface area (Å²) in [6, 6.07) is 11.8. The maximum absolute atomic E-state index is 12.0. The number of aromatic nitrogens is 1. The molecule has 0 saturated heterocycles. The van der Waals surface area contributed by atoms with E-state index in [-0.39, 0.29) is 5.91 Å². The molecule has 2 aromatic rings. The van der Waals surface area contributed by atoms with Gasteiger partial charge in [-0.3, -0.25) is 9.78 Å². The lowest BCUT2D eigenvalue weighted by molar-refractivity contribution is -0.116. The lowest BCUT2D eigenvalue weighted by atomic mass is 10.1. The van der Waals surface area contributed by atoms with E-state index in [9.17, 15) is 4.79 Å². The summed E-state index contributed by atoms with van der Waals surface area (Å²) in [5.74, 6) is 0.0359. The number of amides is 1. The fourth-order valence-corrected chi connectivity index (χ4v) is 2.14. The van der Waals surface area contributed by atoms with Gasteiger partial charge in [0.05, 0.1) is 0 Å². The fourth-order valence-electron chi connectivity index (χ4n) is 2.14. The van der Waals surface area contributed by atoms with Crippen molar-refractivity contribution in [3.63, 3.8) is 0 Å². The van der Waals surface area contributed by atoms with Gasteiger partial charge in [-0.15, -0.1) is 0 Å². The number of hydrogen-bond acceptors (Lipinski definition) is 3. The number of carbonyl (C=O) groups excluding carboxylic acids is 1. The molecule has 2 rings (SSSR count). The molecule has 21 heavy (non-hydrogen) atoms. The minimum absolute atomic E-state index is 0.0359. The summed E-state index contributed by atoms with van der Waals surface area (Å²) in [6.07, 6.45) is 4.70. The molecule has 4 nitrogen and oxygen atoms in total. The monoisotopic (exact) mass is 283 g/mol. The molecule has 0 unspecified atom stereocenters. The van der Waals surface area contributed by atoms with Crippen LogP contribution in [0.1, 0.15) is 17.5 Å². The quantitative estimate of drug-likeness (QED) is 0.886. The Labute approximate surface area is 125 Å². The summed E-state index contributed by atoms with van der Waals surface area (Å²) in [6.45, 7) is 0.862. The molecule has 0 bridgehead atoms. The van der Waals surface area contributed by atoms with Gasteiger partial charge in [-0.2, -0.15) is 0 Å². The van der Waals surface area contributed by atoms with E-state index in [0.717, 1.165) is 24.2 Å². The van der Waals surface area contributed by atoms with Crippen molar-refractivity contribution in [2.75, 3.05) is 19.4 Å². The van der Waals surface area contributed by atoms with Gasteiger partial charge in [0.1, 0.15) is 0 Å². The molecule has 1 N–H and O–H groups in total. The molecule has 4 heteroatoms. The van der Waals surface area contributed by atoms with Crippen molar-refractivity contribution < 1.29 is 4.79 Å². The second-order valence-electron chi connectivity index (χ2n) is 5.34. The zero-order valence-corrected chi connectivity index (χ0v) is 12.5. The van der Waals surface area contributed by atoms with Crippen molar-refractivity contribution in [3.05, 3.63) is 59.9 Å². The maximum atomic E-state index is 12.0. The van der Waals surface area contributed by atoms with E-state index in [4.69, 9.17) is 0 Å². The van der Waals surface area contributed by atoms with Crippen LogP contribution in [0.4, 0.5) is 5.69 Å². The number of aryl methyl sites for hydroxylation is 1. The number of nitrogens with zero attached hydrogens (tertiary/aromatic N) is 2. The SMILES string of the molecule is CN(C)Cc1cccc(NC(=O)CCc2ccncc2)c1. The first-order valence-corrected chi connectivity index (χ1v) is 7.06. The second-order valence-corrected chi connectivity index (χ2v) is 5.34. The van der Waals surface area contributed by atoms with Gasteiger partial charge >= 0.3 is 0 Å². The third kappa shape index (κ3) is 5.36. The third-order valence-corrected chi connectivity index (χ3v) is 3.10. The van der Waals surface area contributed by atoms with Crippen molar-refractivity contribution in [1.82, 2.24) is 9.88 Å². The fraction of sp³-hybridized carbons (Fsp3) is 0.294. The summed E-state index contributed by atoms with van der Waals surface area (Å²) >= 11 is 0. The minimum atomic E-state index is 0.0359. The summed E-state index contributed by atoms with van der Waals surface area (Å²) in [5.41, 5.74) is 3.17. The molecule has 0 aliphatic carbocycles. The van der Waals surface area contributed by atoms with E-state index in [0.29, 0.717) is 6.42 Å². The molecule has 0 fully saturated rings. The molecule has 0 radical (unpaired) electrons. The molecule has 0 spiro atoms. The van der Waals surface area contributed by atoms with Crippen LogP contribution in [-0.4, -0.2) is 29.9 Å². The van der Waals surface area contributed by atoms with E-state index < -0.39 is 0 Å². The van der Waals surface area contributed by atoms with Crippen LogP contribution in [0.15, 0.2) is 48.8 Å². The Morgan fingerprint density at radius 3 is 2.62 bits per heavy atom. The molecule has 1 amide bonds. The third-order valence-electron chi connectivity index (χ3n) is 3.10. The van der Waals surface area contributed by atoms with Crippen LogP contribution in [0.25, 0.3) is 0 Å². The Hall–Kier alpha value is -2.20. The number of hydrogen-bond donors (Lipinski definition) is 1. The van der Waals surface area contributed by atoms with Crippen LogP contribution in [-0.2, 0) is 17.8 Å². The summed E-state index contributed by atoms with van der Waals surface area (Å²) in [7, 11) is 4.06. The summed E-state index contributed by atoms with van der Waals surface area (Å²) in [4.78, 5) is 18.1. The molecule has 1 aromatic heterocycles. The molecule has 0 aliphatic rings. The molecule has 0 aliphatic heterocycles. The van der Waals surface area contributed by atoms with Gasteiger partial charge in [-0.05, 0) is 55.9 Å². The zero-order chi connectivity index (χ0) is 15.1. The summed E-state index contributed by atoms with van der Waals surface area (Å²) < 4.78 is 0. The highest BCUT2D eigenvalue weighted by atomic mass is 16.1. The lowest BCUT2D eigenvalue weighted by Crippen LogP contribution is -2.14. The van der Waals surface area contributed by atoms with E-state index in [1.807, 2.05) is 44.4 Å².